The molecule has 0 bridgehead atoms. The number of aryl methyl sites for hydroxylation is 1. The highest BCUT2D eigenvalue weighted by molar-refractivity contribution is 5.77. The second-order valence-corrected chi connectivity index (χ2v) is 6.74. The number of aromatic nitrogens is 2. The van der Waals surface area contributed by atoms with Gasteiger partial charge in [0.1, 0.15) is 0 Å². The number of amides is 1. The number of hydrogen-bond acceptors (Lipinski definition) is 2. The summed E-state index contributed by atoms with van der Waals surface area (Å²) in [6.45, 7) is 0.920. The fraction of sp³-hybridized carbons (Fsp3) is 0.765. The first-order valence-corrected chi connectivity index (χ1v) is 8.52. The van der Waals surface area contributed by atoms with Crippen LogP contribution in [-0.4, -0.2) is 27.1 Å². The minimum atomic E-state index is 0.262. The quantitative estimate of drug-likeness (QED) is 0.851. The first-order chi connectivity index (χ1) is 10.2. The average molecular weight is 289 g/mol. The first-order valence-electron chi connectivity index (χ1n) is 8.52. The van der Waals surface area contributed by atoms with Gasteiger partial charge in [-0.25, -0.2) is 0 Å². The van der Waals surface area contributed by atoms with Gasteiger partial charge in [-0.15, -0.1) is 0 Å². The number of likely N-dealkylation sites (tertiary alicyclic amines) is 1. The van der Waals surface area contributed by atoms with E-state index in [1.165, 1.54) is 37.7 Å². The lowest BCUT2D eigenvalue weighted by Gasteiger charge is -2.26. The van der Waals surface area contributed by atoms with Crippen LogP contribution in [0.4, 0.5) is 0 Å². The second kappa shape index (κ2) is 6.63. The maximum atomic E-state index is 12.6. The Labute approximate surface area is 127 Å². The molecule has 1 atom stereocenters. The van der Waals surface area contributed by atoms with Gasteiger partial charge in [-0.3, -0.25) is 9.48 Å². The predicted molar refractivity (Wildman–Crippen MR) is 82.7 cm³/mol. The molecule has 1 saturated carbocycles. The van der Waals surface area contributed by atoms with Crippen molar-refractivity contribution in [2.24, 2.45) is 13.0 Å². The van der Waals surface area contributed by atoms with Crippen molar-refractivity contribution in [1.82, 2.24) is 14.7 Å². The summed E-state index contributed by atoms with van der Waals surface area (Å²) >= 11 is 0. The number of hydrogen-bond donors (Lipinski definition) is 0. The summed E-state index contributed by atoms with van der Waals surface area (Å²) in [5.74, 6) is 1.15. The zero-order valence-corrected chi connectivity index (χ0v) is 13.1. The Hall–Kier alpha value is -1.32. The van der Waals surface area contributed by atoms with Gasteiger partial charge in [-0.05, 0) is 25.2 Å². The molecule has 1 aromatic rings. The molecule has 21 heavy (non-hydrogen) atoms. The molecule has 2 fully saturated rings. The monoisotopic (exact) mass is 289 g/mol. The van der Waals surface area contributed by atoms with Crippen molar-refractivity contribution < 1.29 is 4.79 Å². The molecule has 0 unspecified atom stereocenters. The molecule has 4 heteroatoms. The normalized spacial score (nSPS) is 23.7. The van der Waals surface area contributed by atoms with E-state index in [9.17, 15) is 4.79 Å². The lowest BCUT2D eigenvalue weighted by atomic mass is 9.86. The standard InChI is InChI=1S/C17H27N3O/c1-19-13-15(12-18-19)16-8-5-11-20(16)17(21)10-9-14-6-3-2-4-7-14/h12-14,16H,2-11H2,1H3/t16-/m1/s1. The van der Waals surface area contributed by atoms with Gasteiger partial charge in [0.25, 0.3) is 0 Å². The Morgan fingerprint density at radius 2 is 2.05 bits per heavy atom. The summed E-state index contributed by atoms with van der Waals surface area (Å²) in [6.07, 6.45) is 14.8. The van der Waals surface area contributed by atoms with Crippen LogP contribution in [0.25, 0.3) is 0 Å². The highest BCUT2D eigenvalue weighted by Gasteiger charge is 2.30. The van der Waals surface area contributed by atoms with Gasteiger partial charge in [0.2, 0.25) is 5.91 Å². The fourth-order valence-electron chi connectivity index (χ4n) is 3.97. The molecule has 1 amide bonds. The van der Waals surface area contributed by atoms with Crippen molar-refractivity contribution in [2.45, 2.75) is 63.8 Å². The van der Waals surface area contributed by atoms with E-state index in [1.807, 2.05) is 17.9 Å². The van der Waals surface area contributed by atoms with Crippen molar-refractivity contribution in [3.63, 3.8) is 0 Å². The molecule has 2 heterocycles. The Bertz CT molecular complexity index is 476. The molecular weight excluding hydrogens is 262 g/mol. The zero-order chi connectivity index (χ0) is 14.7. The third kappa shape index (κ3) is 3.47. The van der Waals surface area contributed by atoms with Gasteiger partial charge >= 0.3 is 0 Å². The van der Waals surface area contributed by atoms with E-state index in [4.69, 9.17) is 0 Å². The molecule has 0 N–H and O–H groups in total. The summed E-state index contributed by atoms with van der Waals surface area (Å²) in [5.41, 5.74) is 1.20. The maximum Gasteiger partial charge on any atom is 0.223 e. The van der Waals surface area contributed by atoms with Crippen LogP contribution in [0.15, 0.2) is 12.4 Å². The van der Waals surface area contributed by atoms with Crippen molar-refractivity contribution >= 4 is 5.91 Å². The van der Waals surface area contributed by atoms with Crippen molar-refractivity contribution in [3.05, 3.63) is 18.0 Å². The molecule has 1 aliphatic heterocycles. The summed E-state index contributed by atoms with van der Waals surface area (Å²) in [6, 6.07) is 0.262. The highest BCUT2D eigenvalue weighted by Crippen LogP contribution is 2.33. The zero-order valence-electron chi connectivity index (χ0n) is 13.1. The molecule has 3 rings (SSSR count). The number of nitrogens with zero attached hydrogens (tertiary/aromatic N) is 3. The van der Waals surface area contributed by atoms with Crippen molar-refractivity contribution in [3.8, 4) is 0 Å². The topological polar surface area (TPSA) is 38.1 Å². The van der Waals surface area contributed by atoms with Gasteiger partial charge in [0.05, 0.1) is 12.2 Å². The second-order valence-electron chi connectivity index (χ2n) is 6.74. The van der Waals surface area contributed by atoms with Crippen LogP contribution in [0, 0.1) is 5.92 Å². The van der Waals surface area contributed by atoms with Gasteiger partial charge in [-0.1, -0.05) is 32.1 Å². The van der Waals surface area contributed by atoms with E-state index >= 15 is 0 Å². The fourth-order valence-corrected chi connectivity index (χ4v) is 3.97. The molecule has 1 saturated heterocycles. The summed E-state index contributed by atoms with van der Waals surface area (Å²) in [5, 5.41) is 4.25. The molecule has 0 radical (unpaired) electrons. The minimum Gasteiger partial charge on any atom is -0.336 e. The summed E-state index contributed by atoms with van der Waals surface area (Å²) < 4.78 is 1.83. The largest absolute Gasteiger partial charge is 0.336 e. The van der Waals surface area contributed by atoms with E-state index in [-0.39, 0.29) is 6.04 Å². The Kier molecular flexibility index (Phi) is 4.61. The average Bonchev–Trinajstić information content (AvgIpc) is 3.14. The van der Waals surface area contributed by atoms with Crippen LogP contribution in [0.2, 0.25) is 0 Å². The van der Waals surface area contributed by atoms with Crippen LogP contribution in [0.5, 0.6) is 0 Å². The van der Waals surface area contributed by atoms with Crippen LogP contribution in [0.1, 0.15) is 69.4 Å². The van der Waals surface area contributed by atoms with E-state index in [0.717, 1.165) is 38.1 Å². The van der Waals surface area contributed by atoms with Crippen LogP contribution >= 0.6 is 0 Å². The van der Waals surface area contributed by atoms with Crippen molar-refractivity contribution in [2.75, 3.05) is 6.54 Å². The Balaban J connectivity index is 1.55. The molecular formula is C17H27N3O. The maximum absolute atomic E-state index is 12.6. The van der Waals surface area contributed by atoms with Crippen molar-refractivity contribution in [1.29, 1.82) is 0 Å². The van der Waals surface area contributed by atoms with E-state index < -0.39 is 0 Å². The molecule has 2 aliphatic rings. The molecule has 4 nitrogen and oxygen atoms in total. The molecule has 1 aromatic heterocycles. The first kappa shape index (κ1) is 14.6. The molecule has 1 aliphatic carbocycles. The highest BCUT2D eigenvalue weighted by atomic mass is 16.2. The van der Waals surface area contributed by atoms with Gasteiger partial charge < -0.3 is 4.90 Å². The lowest BCUT2D eigenvalue weighted by Crippen LogP contribution is -2.30. The molecule has 116 valence electrons. The Morgan fingerprint density at radius 1 is 1.24 bits per heavy atom. The van der Waals surface area contributed by atoms with Crippen LogP contribution < -0.4 is 0 Å². The third-order valence-corrected chi connectivity index (χ3v) is 5.17. The van der Waals surface area contributed by atoms with Gasteiger partial charge in [-0.2, -0.15) is 5.10 Å². The Morgan fingerprint density at radius 3 is 2.76 bits per heavy atom. The van der Waals surface area contributed by atoms with Gasteiger partial charge in [0, 0.05) is 31.8 Å². The smallest absolute Gasteiger partial charge is 0.223 e. The predicted octanol–water partition coefficient (Wildman–Crippen LogP) is 3.44. The third-order valence-electron chi connectivity index (χ3n) is 5.17. The molecule has 0 aromatic carbocycles. The van der Waals surface area contributed by atoms with E-state index in [0.29, 0.717) is 5.91 Å². The number of rotatable bonds is 4. The van der Waals surface area contributed by atoms with Gasteiger partial charge in [0.15, 0.2) is 0 Å². The van der Waals surface area contributed by atoms with Crippen LogP contribution in [0.3, 0.4) is 0 Å². The number of carbonyl (C=O) groups is 1. The molecule has 0 spiro atoms. The van der Waals surface area contributed by atoms with E-state index in [1.54, 1.807) is 0 Å². The van der Waals surface area contributed by atoms with Crippen LogP contribution in [-0.2, 0) is 11.8 Å². The van der Waals surface area contributed by atoms with E-state index in [2.05, 4.69) is 16.2 Å². The number of carbonyl (C=O) groups excluding carboxylic acids is 1. The summed E-state index contributed by atoms with van der Waals surface area (Å²) in [7, 11) is 1.94. The minimum absolute atomic E-state index is 0.262. The SMILES string of the molecule is Cn1cc([C@H]2CCCN2C(=O)CCC2CCCCC2)cn1. The summed E-state index contributed by atoms with van der Waals surface area (Å²) in [4.78, 5) is 14.7. The lowest BCUT2D eigenvalue weighted by molar-refractivity contribution is -0.132.